The van der Waals surface area contributed by atoms with Crippen LogP contribution in [0, 0.1) is 29.6 Å². The van der Waals surface area contributed by atoms with E-state index in [1.165, 1.54) is 32.1 Å². The first kappa shape index (κ1) is 20.5. The van der Waals surface area contributed by atoms with Gasteiger partial charge in [0, 0.05) is 40.0 Å². The Hall–Kier alpha value is -1.79. The van der Waals surface area contributed by atoms with Crippen LogP contribution in [0.25, 0.3) is 0 Å². The number of carbonyl (C=O) groups excluding carboxylic acids is 3. The van der Waals surface area contributed by atoms with Gasteiger partial charge in [-0.1, -0.05) is 0 Å². The number of rotatable bonds is 5. The maximum Gasteiger partial charge on any atom is 0.314 e. The van der Waals surface area contributed by atoms with Crippen molar-refractivity contribution in [3.8, 4) is 0 Å². The average molecular weight is 405 g/mol. The second-order valence-electron chi connectivity index (χ2n) is 10.0. The SMILES string of the molecule is CC(=O)NC1(CNC(=O)NCC2CCN(C(C)=O)CC2)C2CC3CC(C2)CC1C3. The highest BCUT2D eigenvalue weighted by Crippen LogP contribution is 2.58. The topological polar surface area (TPSA) is 90.5 Å². The number of amides is 4. The van der Waals surface area contributed by atoms with Crippen LogP contribution < -0.4 is 16.0 Å². The Kier molecular flexibility index (Phi) is 5.76. The smallest absolute Gasteiger partial charge is 0.314 e. The molecule has 4 aliphatic carbocycles. The summed E-state index contributed by atoms with van der Waals surface area (Å²) >= 11 is 0. The van der Waals surface area contributed by atoms with E-state index in [4.69, 9.17) is 0 Å². The summed E-state index contributed by atoms with van der Waals surface area (Å²) in [5.74, 6) is 3.16. The molecule has 0 aromatic carbocycles. The van der Waals surface area contributed by atoms with Gasteiger partial charge in [0.25, 0.3) is 0 Å². The molecular formula is C22H36N4O3. The van der Waals surface area contributed by atoms with Crippen LogP contribution in [0.5, 0.6) is 0 Å². The minimum Gasteiger partial charge on any atom is -0.349 e. The lowest BCUT2D eigenvalue weighted by atomic mass is 9.48. The molecule has 29 heavy (non-hydrogen) atoms. The average Bonchev–Trinajstić information content (AvgIpc) is 2.67. The maximum absolute atomic E-state index is 12.5. The molecule has 4 bridgehead atoms. The Labute approximate surface area is 173 Å². The van der Waals surface area contributed by atoms with Crippen LogP contribution >= 0.6 is 0 Å². The van der Waals surface area contributed by atoms with Crippen molar-refractivity contribution < 1.29 is 14.4 Å². The number of carbonyl (C=O) groups is 3. The fraction of sp³-hybridized carbons (Fsp3) is 0.864. The standard InChI is InChI=1S/C22H36N4O3/c1-14(27)25-22(19-8-17-7-18(10-19)11-20(22)9-17)13-24-21(29)23-12-16-3-5-26(6-4-16)15(2)28/h16-20H,3-13H2,1-2H3,(H,25,27)(H2,23,24,29). The lowest BCUT2D eigenvalue weighted by molar-refractivity contribution is -0.130. The normalized spacial score (nSPS) is 36.0. The van der Waals surface area contributed by atoms with Crippen molar-refractivity contribution >= 4 is 17.8 Å². The van der Waals surface area contributed by atoms with Crippen LogP contribution in [0.2, 0.25) is 0 Å². The number of piperidine rings is 1. The molecule has 4 amide bonds. The van der Waals surface area contributed by atoms with Gasteiger partial charge in [0.05, 0.1) is 5.54 Å². The first-order valence-corrected chi connectivity index (χ1v) is 11.4. The molecule has 0 aromatic rings. The van der Waals surface area contributed by atoms with Crippen LogP contribution in [0.1, 0.15) is 58.8 Å². The molecule has 4 saturated carbocycles. The first-order chi connectivity index (χ1) is 13.9. The van der Waals surface area contributed by atoms with Gasteiger partial charge in [0.15, 0.2) is 0 Å². The fourth-order valence-corrected chi connectivity index (χ4v) is 6.87. The highest BCUT2D eigenvalue weighted by molar-refractivity contribution is 5.76. The van der Waals surface area contributed by atoms with E-state index in [1.54, 1.807) is 13.8 Å². The summed E-state index contributed by atoms with van der Waals surface area (Å²) in [5, 5.41) is 9.41. The zero-order valence-corrected chi connectivity index (χ0v) is 17.8. The number of hydrogen-bond acceptors (Lipinski definition) is 3. The van der Waals surface area contributed by atoms with Crippen molar-refractivity contribution in [2.75, 3.05) is 26.2 Å². The van der Waals surface area contributed by atoms with Crippen LogP contribution in [0.3, 0.4) is 0 Å². The van der Waals surface area contributed by atoms with Crippen molar-refractivity contribution in [3.05, 3.63) is 0 Å². The molecule has 162 valence electrons. The van der Waals surface area contributed by atoms with Crippen LogP contribution in [0.4, 0.5) is 4.79 Å². The number of hydrogen-bond donors (Lipinski definition) is 3. The van der Waals surface area contributed by atoms with Crippen molar-refractivity contribution in [3.63, 3.8) is 0 Å². The quantitative estimate of drug-likeness (QED) is 0.653. The number of urea groups is 1. The molecule has 0 atom stereocenters. The van der Waals surface area contributed by atoms with Gasteiger partial charge in [-0.25, -0.2) is 4.79 Å². The second kappa shape index (κ2) is 8.15. The predicted octanol–water partition coefficient (Wildman–Crippen LogP) is 1.88. The van der Waals surface area contributed by atoms with Gasteiger partial charge in [0.2, 0.25) is 11.8 Å². The van der Waals surface area contributed by atoms with Crippen LogP contribution in [-0.2, 0) is 9.59 Å². The van der Waals surface area contributed by atoms with Crippen molar-refractivity contribution in [1.29, 1.82) is 0 Å². The summed E-state index contributed by atoms with van der Waals surface area (Å²) in [6.45, 7) is 5.93. The zero-order valence-electron chi connectivity index (χ0n) is 17.8. The number of likely N-dealkylation sites (tertiary alicyclic amines) is 1. The Bertz CT molecular complexity index is 628. The lowest BCUT2D eigenvalue weighted by Crippen LogP contribution is -2.70. The van der Waals surface area contributed by atoms with Gasteiger partial charge >= 0.3 is 6.03 Å². The summed E-state index contributed by atoms with van der Waals surface area (Å²) < 4.78 is 0. The van der Waals surface area contributed by atoms with Crippen LogP contribution in [-0.4, -0.2) is 54.5 Å². The van der Waals surface area contributed by atoms with Gasteiger partial charge < -0.3 is 20.9 Å². The van der Waals surface area contributed by atoms with E-state index < -0.39 is 0 Å². The molecule has 0 spiro atoms. The first-order valence-electron chi connectivity index (χ1n) is 11.4. The van der Waals surface area contributed by atoms with Crippen molar-refractivity contribution in [2.24, 2.45) is 29.6 Å². The summed E-state index contributed by atoms with van der Waals surface area (Å²) in [6.07, 6.45) is 7.97. The molecule has 7 heteroatoms. The number of nitrogens with zero attached hydrogens (tertiary/aromatic N) is 1. The van der Waals surface area contributed by atoms with Crippen molar-refractivity contribution in [1.82, 2.24) is 20.9 Å². The molecular weight excluding hydrogens is 368 g/mol. The Morgan fingerprint density at radius 1 is 0.897 bits per heavy atom. The van der Waals surface area contributed by atoms with Gasteiger partial charge in [-0.3, -0.25) is 9.59 Å². The zero-order chi connectivity index (χ0) is 20.6. The molecule has 5 aliphatic rings. The van der Waals surface area contributed by atoms with Crippen molar-refractivity contribution in [2.45, 2.75) is 64.3 Å². The molecule has 1 heterocycles. The summed E-state index contributed by atoms with van der Waals surface area (Å²) in [5.41, 5.74) is -0.274. The monoisotopic (exact) mass is 404 g/mol. The Morgan fingerprint density at radius 2 is 1.48 bits per heavy atom. The molecule has 7 nitrogen and oxygen atoms in total. The van der Waals surface area contributed by atoms with E-state index in [2.05, 4.69) is 16.0 Å². The molecule has 0 unspecified atom stereocenters. The van der Waals surface area contributed by atoms with E-state index in [9.17, 15) is 14.4 Å². The third-order valence-corrected chi connectivity index (χ3v) is 8.16. The molecule has 3 N–H and O–H groups in total. The van der Waals surface area contributed by atoms with E-state index >= 15 is 0 Å². The predicted molar refractivity (Wildman–Crippen MR) is 110 cm³/mol. The molecule has 1 aliphatic heterocycles. The summed E-state index contributed by atoms with van der Waals surface area (Å²) in [6, 6.07) is -0.141. The third kappa shape index (κ3) is 4.24. The van der Waals surface area contributed by atoms with E-state index in [0.717, 1.165) is 37.8 Å². The molecule has 0 aromatic heterocycles. The van der Waals surface area contributed by atoms with Gasteiger partial charge in [-0.2, -0.15) is 0 Å². The van der Waals surface area contributed by atoms with E-state index in [-0.39, 0.29) is 23.4 Å². The minimum absolute atomic E-state index is 0.0110. The maximum atomic E-state index is 12.5. The van der Waals surface area contributed by atoms with E-state index in [0.29, 0.717) is 30.8 Å². The summed E-state index contributed by atoms with van der Waals surface area (Å²) in [4.78, 5) is 37.9. The minimum atomic E-state index is -0.274. The fourth-order valence-electron chi connectivity index (χ4n) is 6.87. The lowest BCUT2D eigenvalue weighted by Gasteiger charge is -2.61. The highest BCUT2D eigenvalue weighted by Gasteiger charge is 2.57. The highest BCUT2D eigenvalue weighted by atomic mass is 16.2. The number of nitrogens with one attached hydrogen (secondary N) is 3. The van der Waals surface area contributed by atoms with Crippen LogP contribution in [0.15, 0.2) is 0 Å². The molecule has 1 saturated heterocycles. The summed E-state index contributed by atoms with van der Waals surface area (Å²) in [7, 11) is 0. The third-order valence-electron chi connectivity index (χ3n) is 8.16. The molecule has 5 fully saturated rings. The molecule has 5 rings (SSSR count). The second-order valence-corrected chi connectivity index (χ2v) is 10.0. The van der Waals surface area contributed by atoms with Gasteiger partial charge in [-0.05, 0) is 74.5 Å². The Morgan fingerprint density at radius 3 is 2.00 bits per heavy atom. The van der Waals surface area contributed by atoms with E-state index in [1.807, 2.05) is 4.90 Å². The largest absolute Gasteiger partial charge is 0.349 e. The van der Waals surface area contributed by atoms with Gasteiger partial charge in [0.1, 0.15) is 0 Å². The van der Waals surface area contributed by atoms with Gasteiger partial charge in [-0.15, -0.1) is 0 Å². The molecule has 0 radical (unpaired) electrons. The Balaban J connectivity index is 1.29.